The lowest BCUT2D eigenvalue weighted by molar-refractivity contribution is 0.280. The first-order valence-electron chi connectivity index (χ1n) is 2.76. The third-order valence-electron chi connectivity index (χ3n) is 1.15. The predicted molar refractivity (Wildman–Crippen MR) is 52.9 cm³/mol. The molecule has 1 N–H and O–H groups in total. The molecule has 0 radical (unpaired) electrons. The summed E-state index contributed by atoms with van der Waals surface area (Å²) in [5.74, 6) is 0. The molecule has 0 aromatic carbocycles. The summed E-state index contributed by atoms with van der Waals surface area (Å²) in [4.78, 5) is 3.77. The van der Waals surface area contributed by atoms with Crippen molar-refractivity contribution >= 4 is 45.8 Å². The number of hydrogen-bond donors (Lipinski definition) is 1. The zero-order valence-corrected chi connectivity index (χ0v) is 8.98. The topological polar surface area (TPSA) is 33.1 Å². The summed E-state index contributed by atoms with van der Waals surface area (Å²) >= 11 is 13.3. The number of aromatic nitrogens is 1. The van der Waals surface area contributed by atoms with E-state index in [0.29, 0.717) is 10.7 Å². The first kappa shape index (κ1) is 9.51. The summed E-state index contributed by atoms with van der Waals surface area (Å²) in [5, 5.41) is 9.43. The first-order valence-corrected chi connectivity index (χ1v) is 4.60. The summed E-state index contributed by atoms with van der Waals surface area (Å²) in [6.45, 7) is -0.110. The highest BCUT2D eigenvalue weighted by atomic mass is 127. The quantitative estimate of drug-likeness (QED) is 0.639. The number of rotatable bonds is 1. The molecule has 1 rings (SSSR count). The molecule has 0 saturated carbocycles. The summed E-state index contributed by atoms with van der Waals surface area (Å²) in [6, 6.07) is 1.65. The van der Waals surface area contributed by atoms with Gasteiger partial charge in [-0.15, -0.1) is 0 Å². The highest BCUT2D eigenvalue weighted by molar-refractivity contribution is 14.1. The third kappa shape index (κ3) is 2.18. The molecule has 0 spiro atoms. The van der Waals surface area contributed by atoms with E-state index in [9.17, 15) is 0 Å². The van der Waals surface area contributed by atoms with Crippen LogP contribution in [-0.4, -0.2) is 10.1 Å². The Hall–Kier alpha value is 0.420. The molecule has 0 unspecified atom stereocenters. The Labute approximate surface area is 87.7 Å². The second-order valence-electron chi connectivity index (χ2n) is 1.85. The Morgan fingerprint density at radius 1 is 1.55 bits per heavy atom. The zero-order chi connectivity index (χ0) is 8.43. The van der Waals surface area contributed by atoms with Gasteiger partial charge in [-0.3, -0.25) is 0 Å². The van der Waals surface area contributed by atoms with Gasteiger partial charge in [-0.25, -0.2) is 4.98 Å². The van der Waals surface area contributed by atoms with Gasteiger partial charge in [0.25, 0.3) is 0 Å². The fraction of sp³-hybridized carbons (Fsp3) is 0.167. The van der Waals surface area contributed by atoms with E-state index in [2.05, 4.69) is 4.98 Å². The predicted octanol–water partition coefficient (Wildman–Crippen LogP) is 2.49. The highest BCUT2D eigenvalue weighted by Crippen LogP contribution is 2.22. The highest BCUT2D eigenvalue weighted by Gasteiger charge is 2.06. The third-order valence-corrected chi connectivity index (χ3v) is 2.61. The van der Waals surface area contributed by atoms with Crippen molar-refractivity contribution in [2.24, 2.45) is 0 Å². The number of pyridine rings is 1. The molecule has 1 heterocycles. The van der Waals surface area contributed by atoms with Gasteiger partial charge in [0.15, 0.2) is 0 Å². The van der Waals surface area contributed by atoms with Crippen molar-refractivity contribution in [3.63, 3.8) is 0 Å². The largest absolute Gasteiger partial charge is 0.392 e. The van der Waals surface area contributed by atoms with Gasteiger partial charge >= 0.3 is 0 Å². The lowest BCUT2D eigenvalue weighted by Gasteiger charge is -2.02. The molecule has 0 atom stereocenters. The molecular weight excluding hydrogens is 300 g/mol. The van der Waals surface area contributed by atoms with E-state index < -0.39 is 0 Å². The van der Waals surface area contributed by atoms with Crippen molar-refractivity contribution in [2.75, 3.05) is 0 Å². The SMILES string of the molecule is OCc1c(I)cc(Cl)nc1Cl. The average molecular weight is 304 g/mol. The fourth-order valence-corrected chi connectivity index (χ4v) is 2.18. The molecule has 0 bridgehead atoms. The molecule has 60 valence electrons. The molecular formula is C6H4Cl2INO. The molecule has 0 aliphatic carbocycles. The lowest BCUT2D eigenvalue weighted by Crippen LogP contribution is -1.92. The van der Waals surface area contributed by atoms with E-state index in [1.54, 1.807) is 6.07 Å². The van der Waals surface area contributed by atoms with E-state index in [4.69, 9.17) is 28.3 Å². The summed E-state index contributed by atoms with van der Waals surface area (Å²) < 4.78 is 0.829. The van der Waals surface area contributed by atoms with Crippen molar-refractivity contribution in [3.8, 4) is 0 Å². The molecule has 0 fully saturated rings. The second-order valence-corrected chi connectivity index (χ2v) is 3.76. The van der Waals surface area contributed by atoms with Crippen LogP contribution in [-0.2, 0) is 6.61 Å². The van der Waals surface area contributed by atoms with Crippen molar-refractivity contribution in [3.05, 3.63) is 25.5 Å². The minimum Gasteiger partial charge on any atom is -0.392 e. The maximum absolute atomic E-state index is 8.82. The van der Waals surface area contributed by atoms with Crippen LogP contribution >= 0.6 is 45.8 Å². The Morgan fingerprint density at radius 2 is 2.18 bits per heavy atom. The molecule has 2 nitrogen and oxygen atoms in total. The number of hydrogen-bond acceptors (Lipinski definition) is 2. The number of aliphatic hydroxyl groups excluding tert-OH is 1. The maximum Gasteiger partial charge on any atom is 0.137 e. The van der Waals surface area contributed by atoms with E-state index >= 15 is 0 Å². The van der Waals surface area contributed by atoms with Gasteiger partial charge in [0, 0.05) is 9.13 Å². The van der Waals surface area contributed by atoms with Crippen LogP contribution < -0.4 is 0 Å². The summed E-state index contributed by atoms with van der Waals surface area (Å²) in [6.07, 6.45) is 0. The van der Waals surface area contributed by atoms with Gasteiger partial charge in [0.2, 0.25) is 0 Å². The molecule has 0 aliphatic heterocycles. The minimum atomic E-state index is -0.110. The zero-order valence-electron chi connectivity index (χ0n) is 5.31. The van der Waals surface area contributed by atoms with E-state index in [-0.39, 0.29) is 11.8 Å². The van der Waals surface area contributed by atoms with Crippen LogP contribution in [0.5, 0.6) is 0 Å². The fourth-order valence-electron chi connectivity index (χ4n) is 0.625. The van der Waals surface area contributed by atoms with Crippen LogP contribution in [0.25, 0.3) is 0 Å². The Kier molecular flexibility index (Phi) is 3.36. The van der Waals surface area contributed by atoms with Crippen LogP contribution in [0.15, 0.2) is 6.07 Å². The van der Waals surface area contributed by atoms with Crippen molar-refractivity contribution in [1.29, 1.82) is 0 Å². The molecule has 0 aliphatic rings. The van der Waals surface area contributed by atoms with Crippen molar-refractivity contribution < 1.29 is 5.11 Å². The van der Waals surface area contributed by atoms with Gasteiger partial charge in [0.1, 0.15) is 10.3 Å². The van der Waals surface area contributed by atoms with Gasteiger partial charge < -0.3 is 5.11 Å². The first-order chi connectivity index (χ1) is 5.15. The molecule has 1 aromatic heterocycles. The molecule has 11 heavy (non-hydrogen) atoms. The minimum absolute atomic E-state index is 0.110. The van der Waals surface area contributed by atoms with Crippen LogP contribution in [0.4, 0.5) is 0 Å². The van der Waals surface area contributed by atoms with Gasteiger partial charge in [-0.1, -0.05) is 23.2 Å². The second kappa shape index (κ2) is 3.89. The number of nitrogens with zero attached hydrogens (tertiary/aromatic N) is 1. The van der Waals surface area contributed by atoms with Crippen molar-refractivity contribution in [1.82, 2.24) is 4.98 Å². The van der Waals surface area contributed by atoms with E-state index in [0.717, 1.165) is 3.57 Å². The normalized spacial score (nSPS) is 10.2. The van der Waals surface area contributed by atoms with Gasteiger partial charge in [-0.2, -0.15) is 0 Å². The monoisotopic (exact) mass is 303 g/mol. The molecule has 0 amide bonds. The Balaban J connectivity index is 3.25. The Morgan fingerprint density at radius 3 is 2.64 bits per heavy atom. The van der Waals surface area contributed by atoms with Crippen LogP contribution in [0.2, 0.25) is 10.3 Å². The van der Waals surface area contributed by atoms with Crippen LogP contribution in [0, 0.1) is 3.57 Å². The van der Waals surface area contributed by atoms with Crippen molar-refractivity contribution in [2.45, 2.75) is 6.61 Å². The number of aliphatic hydroxyl groups is 1. The van der Waals surface area contributed by atoms with Gasteiger partial charge in [-0.05, 0) is 28.7 Å². The van der Waals surface area contributed by atoms with E-state index in [1.165, 1.54) is 0 Å². The lowest BCUT2D eigenvalue weighted by atomic mass is 10.3. The molecule has 1 aromatic rings. The van der Waals surface area contributed by atoms with Gasteiger partial charge in [0.05, 0.1) is 6.61 Å². The van der Waals surface area contributed by atoms with Crippen LogP contribution in [0.3, 0.4) is 0 Å². The smallest absolute Gasteiger partial charge is 0.137 e. The molecule has 5 heteroatoms. The number of halogens is 3. The van der Waals surface area contributed by atoms with Crippen LogP contribution in [0.1, 0.15) is 5.56 Å². The standard InChI is InChI=1S/C6H4Cl2INO/c7-5-1-4(9)3(2-11)6(8)10-5/h1,11H,2H2. The van der Waals surface area contributed by atoms with E-state index in [1.807, 2.05) is 22.6 Å². The summed E-state index contributed by atoms with van der Waals surface area (Å²) in [5.41, 5.74) is 0.622. The average Bonchev–Trinajstić information content (AvgIpc) is 1.85. The molecule has 0 saturated heterocycles. The maximum atomic E-state index is 8.82. The Bertz CT molecular complexity index is 256. The summed E-state index contributed by atoms with van der Waals surface area (Å²) in [7, 11) is 0.